The van der Waals surface area contributed by atoms with Crippen LogP contribution in [0.25, 0.3) is 11.0 Å². The predicted molar refractivity (Wildman–Crippen MR) is 66.6 cm³/mol. The second kappa shape index (κ2) is 3.97. The van der Waals surface area contributed by atoms with E-state index in [0.29, 0.717) is 5.92 Å². The number of hydrogen-bond donors (Lipinski definition) is 0. The standard InChI is InChI=1S/C15H18O/c1-11-6-8-12(9-7-11)15-10-13-4-2-3-5-14(13)16-15/h2-5,10-12H,6-9H2,1H3/t11-,12-. The minimum atomic E-state index is 0.656. The Bertz CT molecular complexity index is 442. The van der Waals surface area contributed by atoms with Crippen molar-refractivity contribution in [1.29, 1.82) is 0 Å². The molecule has 1 fully saturated rings. The van der Waals surface area contributed by atoms with Gasteiger partial charge in [-0.15, -0.1) is 0 Å². The van der Waals surface area contributed by atoms with E-state index in [9.17, 15) is 0 Å². The number of benzene rings is 1. The topological polar surface area (TPSA) is 13.1 Å². The van der Waals surface area contributed by atoms with E-state index in [2.05, 4.69) is 31.2 Å². The zero-order chi connectivity index (χ0) is 11.0. The lowest BCUT2D eigenvalue weighted by molar-refractivity contribution is 0.319. The van der Waals surface area contributed by atoms with E-state index in [1.807, 2.05) is 6.07 Å². The van der Waals surface area contributed by atoms with Gasteiger partial charge in [-0.1, -0.05) is 38.0 Å². The smallest absolute Gasteiger partial charge is 0.134 e. The van der Waals surface area contributed by atoms with Crippen LogP contribution in [0.4, 0.5) is 0 Å². The Morgan fingerprint density at radius 1 is 1.06 bits per heavy atom. The van der Waals surface area contributed by atoms with Gasteiger partial charge >= 0.3 is 0 Å². The number of furan rings is 1. The van der Waals surface area contributed by atoms with Crippen LogP contribution in [0.1, 0.15) is 44.3 Å². The highest BCUT2D eigenvalue weighted by molar-refractivity contribution is 5.77. The lowest BCUT2D eigenvalue weighted by atomic mass is 9.82. The molecule has 84 valence electrons. The minimum Gasteiger partial charge on any atom is -0.461 e. The maximum absolute atomic E-state index is 5.94. The van der Waals surface area contributed by atoms with Gasteiger partial charge in [-0.2, -0.15) is 0 Å². The SMILES string of the molecule is C[C@H]1CC[C@H](c2cc3ccccc3o2)CC1. The van der Waals surface area contributed by atoms with Gasteiger partial charge < -0.3 is 4.42 Å². The van der Waals surface area contributed by atoms with Gasteiger partial charge in [0.05, 0.1) is 0 Å². The average molecular weight is 214 g/mol. The summed E-state index contributed by atoms with van der Waals surface area (Å²) in [6.45, 7) is 2.36. The Morgan fingerprint density at radius 3 is 2.56 bits per heavy atom. The molecule has 1 saturated carbocycles. The molecule has 0 radical (unpaired) electrons. The molecule has 1 aromatic carbocycles. The van der Waals surface area contributed by atoms with E-state index < -0.39 is 0 Å². The largest absolute Gasteiger partial charge is 0.461 e. The van der Waals surface area contributed by atoms with Crippen molar-refractivity contribution in [1.82, 2.24) is 0 Å². The molecular weight excluding hydrogens is 196 g/mol. The quantitative estimate of drug-likeness (QED) is 0.669. The Labute approximate surface area is 96.5 Å². The number of rotatable bonds is 1. The fourth-order valence-electron chi connectivity index (χ4n) is 2.75. The van der Waals surface area contributed by atoms with Crippen molar-refractivity contribution in [2.75, 3.05) is 0 Å². The van der Waals surface area contributed by atoms with Crippen LogP contribution in [-0.4, -0.2) is 0 Å². The highest BCUT2D eigenvalue weighted by Crippen LogP contribution is 2.37. The number of para-hydroxylation sites is 1. The van der Waals surface area contributed by atoms with E-state index in [-0.39, 0.29) is 0 Å². The van der Waals surface area contributed by atoms with Crippen LogP contribution in [0.2, 0.25) is 0 Å². The molecule has 0 bridgehead atoms. The molecule has 0 spiro atoms. The lowest BCUT2D eigenvalue weighted by Crippen LogP contribution is -2.09. The van der Waals surface area contributed by atoms with E-state index in [4.69, 9.17) is 4.42 Å². The van der Waals surface area contributed by atoms with E-state index in [0.717, 1.165) is 11.5 Å². The zero-order valence-electron chi connectivity index (χ0n) is 9.78. The molecule has 1 heteroatoms. The van der Waals surface area contributed by atoms with Gasteiger partial charge in [0.2, 0.25) is 0 Å². The normalized spacial score (nSPS) is 26.1. The molecule has 0 atom stereocenters. The Hall–Kier alpha value is -1.24. The van der Waals surface area contributed by atoms with Crippen LogP contribution in [0.15, 0.2) is 34.7 Å². The molecule has 3 rings (SSSR count). The van der Waals surface area contributed by atoms with Crippen LogP contribution in [0.5, 0.6) is 0 Å². The van der Waals surface area contributed by atoms with Gasteiger partial charge in [-0.3, -0.25) is 0 Å². The molecule has 0 N–H and O–H groups in total. The molecule has 0 amide bonds. The molecule has 16 heavy (non-hydrogen) atoms. The summed E-state index contributed by atoms with van der Waals surface area (Å²) >= 11 is 0. The molecule has 1 aliphatic rings. The minimum absolute atomic E-state index is 0.656. The summed E-state index contributed by atoms with van der Waals surface area (Å²) in [7, 11) is 0. The first kappa shape index (κ1) is 9.95. The molecule has 1 heterocycles. The maximum Gasteiger partial charge on any atom is 0.134 e. The molecule has 1 aliphatic carbocycles. The van der Waals surface area contributed by atoms with Gasteiger partial charge in [0.1, 0.15) is 11.3 Å². The van der Waals surface area contributed by atoms with Gasteiger partial charge in [0, 0.05) is 11.3 Å². The van der Waals surface area contributed by atoms with E-state index in [1.165, 1.54) is 36.8 Å². The summed E-state index contributed by atoms with van der Waals surface area (Å²) in [5.41, 5.74) is 1.04. The fourth-order valence-corrected chi connectivity index (χ4v) is 2.75. The number of hydrogen-bond acceptors (Lipinski definition) is 1. The van der Waals surface area contributed by atoms with Crippen LogP contribution >= 0.6 is 0 Å². The zero-order valence-corrected chi connectivity index (χ0v) is 9.78. The van der Waals surface area contributed by atoms with E-state index in [1.54, 1.807) is 0 Å². The summed E-state index contributed by atoms with van der Waals surface area (Å²) in [5.74, 6) is 2.76. The molecular formula is C15H18O. The Morgan fingerprint density at radius 2 is 1.81 bits per heavy atom. The third-order valence-electron chi connectivity index (χ3n) is 3.86. The van der Waals surface area contributed by atoms with Crippen LogP contribution in [-0.2, 0) is 0 Å². The van der Waals surface area contributed by atoms with Crippen LogP contribution in [0, 0.1) is 5.92 Å². The first-order valence-corrected chi connectivity index (χ1v) is 6.31. The molecule has 0 aliphatic heterocycles. The van der Waals surface area contributed by atoms with Crippen molar-refractivity contribution in [2.24, 2.45) is 5.92 Å². The van der Waals surface area contributed by atoms with Crippen molar-refractivity contribution in [3.05, 3.63) is 36.1 Å². The highest BCUT2D eigenvalue weighted by Gasteiger charge is 2.22. The summed E-state index contributed by atoms with van der Waals surface area (Å²) in [6.07, 6.45) is 5.28. The molecule has 0 saturated heterocycles. The highest BCUT2D eigenvalue weighted by atomic mass is 16.3. The van der Waals surface area contributed by atoms with Crippen molar-refractivity contribution < 1.29 is 4.42 Å². The van der Waals surface area contributed by atoms with E-state index >= 15 is 0 Å². The van der Waals surface area contributed by atoms with Crippen molar-refractivity contribution in [2.45, 2.75) is 38.5 Å². The first-order valence-electron chi connectivity index (χ1n) is 6.31. The third kappa shape index (κ3) is 1.75. The maximum atomic E-state index is 5.94. The second-order valence-electron chi connectivity index (χ2n) is 5.14. The van der Waals surface area contributed by atoms with Gasteiger partial charge in [-0.05, 0) is 30.9 Å². The van der Waals surface area contributed by atoms with Crippen LogP contribution < -0.4 is 0 Å². The fraction of sp³-hybridized carbons (Fsp3) is 0.467. The van der Waals surface area contributed by atoms with Gasteiger partial charge in [-0.25, -0.2) is 0 Å². The average Bonchev–Trinajstić information content (AvgIpc) is 2.73. The van der Waals surface area contributed by atoms with Gasteiger partial charge in [0.15, 0.2) is 0 Å². The molecule has 0 unspecified atom stereocenters. The summed E-state index contributed by atoms with van der Waals surface area (Å²) in [5, 5.41) is 1.25. The molecule has 2 aromatic rings. The lowest BCUT2D eigenvalue weighted by Gasteiger charge is -2.24. The van der Waals surface area contributed by atoms with Crippen molar-refractivity contribution >= 4 is 11.0 Å². The summed E-state index contributed by atoms with van der Waals surface area (Å²) in [4.78, 5) is 0. The van der Waals surface area contributed by atoms with Crippen LogP contribution in [0.3, 0.4) is 0 Å². The summed E-state index contributed by atoms with van der Waals surface area (Å²) in [6, 6.07) is 10.5. The molecule has 1 aromatic heterocycles. The van der Waals surface area contributed by atoms with Gasteiger partial charge in [0.25, 0.3) is 0 Å². The van der Waals surface area contributed by atoms with Crippen molar-refractivity contribution in [3.8, 4) is 0 Å². The summed E-state index contributed by atoms with van der Waals surface area (Å²) < 4.78 is 5.94. The predicted octanol–water partition coefficient (Wildman–Crippen LogP) is 4.73. The van der Waals surface area contributed by atoms with Crippen molar-refractivity contribution in [3.63, 3.8) is 0 Å². The Kier molecular flexibility index (Phi) is 2.47. The Balaban J connectivity index is 1.88. The molecule has 1 nitrogen and oxygen atoms in total. The third-order valence-corrected chi connectivity index (χ3v) is 3.86. The second-order valence-corrected chi connectivity index (χ2v) is 5.14. The first-order chi connectivity index (χ1) is 7.83. The number of fused-ring (bicyclic) bond motifs is 1. The monoisotopic (exact) mass is 214 g/mol.